The van der Waals surface area contributed by atoms with Crippen molar-refractivity contribution in [2.24, 2.45) is 0 Å². The van der Waals surface area contributed by atoms with E-state index in [1.807, 2.05) is 0 Å². The van der Waals surface area contributed by atoms with Gasteiger partial charge in [0.25, 0.3) is 0 Å². The summed E-state index contributed by atoms with van der Waals surface area (Å²) in [5.41, 5.74) is 0. The van der Waals surface area contributed by atoms with Crippen molar-refractivity contribution in [2.75, 3.05) is 5.75 Å². The van der Waals surface area contributed by atoms with Crippen LogP contribution in [0.2, 0.25) is 0 Å². The molecule has 1 N–H and O–H groups in total. The molecule has 0 saturated carbocycles. The predicted molar refractivity (Wildman–Crippen MR) is 45.7 cm³/mol. The number of carboxylic acids is 1. The number of aromatic carboxylic acids is 1. The predicted octanol–water partition coefficient (Wildman–Crippen LogP) is 2.23. The molecule has 0 atom stereocenters. The zero-order valence-electron chi connectivity index (χ0n) is 5.96. The smallest absolute Gasteiger partial charge is 0.348 e. The largest absolute Gasteiger partial charge is 0.477 e. The molecule has 0 bridgehead atoms. The second-order valence-corrected chi connectivity index (χ2v) is 4.61. The normalized spacial score (nSPS) is 14.8. The number of rotatable bonds is 1. The molecule has 0 radical (unpaired) electrons. The third-order valence-corrected chi connectivity index (χ3v) is 4.11. The molecule has 0 fully saturated rings. The number of hydrogen-bond acceptors (Lipinski definition) is 3. The van der Waals surface area contributed by atoms with Gasteiger partial charge in [-0.1, -0.05) is 0 Å². The van der Waals surface area contributed by atoms with Gasteiger partial charge in [0.1, 0.15) is 4.88 Å². The number of thioether (sulfide) groups is 1. The minimum atomic E-state index is -1.16. The Morgan fingerprint density at radius 3 is 2.92 bits per heavy atom. The number of carbonyl (C=O) groups is 1. The molecule has 1 aliphatic heterocycles. The van der Waals surface area contributed by atoms with Crippen molar-refractivity contribution < 1.29 is 14.3 Å². The first kappa shape index (κ1) is 8.07. The highest BCUT2D eigenvalue weighted by atomic mass is 32.2. The summed E-state index contributed by atoms with van der Waals surface area (Å²) >= 11 is 2.47. The van der Waals surface area contributed by atoms with Gasteiger partial charge in [0, 0.05) is 10.6 Å². The van der Waals surface area contributed by atoms with Crippen LogP contribution < -0.4 is 0 Å². The third-order valence-electron chi connectivity index (χ3n) is 1.65. The summed E-state index contributed by atoms with van der Waals surface area (Å²) in [5.74, 6) is -0.824. The summed E-state index contributed by atoms with van der Waals surface area (Å²) in [6.45, 7) is 0. The van der Waals surface area contributed by atoms with Gasteiger partial charge in [0.2, 0.25) is 0 Å². The average Bonchev–Trinajstić information content (AvgIpc) is 2.53. The van der Waals surface area contributed by atoms with Gasteiger partial charge >= 0.3 is 5.97 Å². The van der Waals surface area contributed by atoms with Crippen LogP contribution in [0.25, 0.3) is 0 Å². The standard InChI is InChI=1S/C7H5FO2S2/c8-4-5-3(1-2-11-5)12-6(4)7(9)10/h1-2H2,(H,9,10). The summed E-state index contributed by atoms with van der Waals surface area (Å²) in [6, 6.07) is 0. The summed E-state index contributed by atoms with van der Waals surface area (Å²) in [7, 11) is 0. The van der Waals surface area contributed by atoms with E-state index in [-0.39, 0.29) is 4.88 Å². The van der Waals surface area contributed by atoms with Crippen LogP contribution in [-0.2, 0) is 6.42 Å². The van der Waals surface area contributed by atoms with E-state index in [4.69, 9.17) is 5.11 Å². The number of hydrogen-bond donors (Lipinski definition) is 1. The Balaban J connectivity index is 2.54. The van der Waals surface area contributed by atoms with Gasteiger partial charge in [-0.15, -0.1) is 23.1 Å². The highest BCUT2D eigenvalue weighted by Crippen LogP contribution is 2.40. The fourth-order valence-corrected chi connectivity index (χ4v) is 3.54. The monoisotopic (exact) mass is 204 g/mol. The molecule has 1 aliphatic rings. The van der Waals surface area contributed by atoms with Crippen molar-refractivity contribution >= 4 is 29.1 Å². The Labute approximate surface area is 76.4 Å². The van der Waals surface area contributed by atoms with Gasteiger partial charge in [-0.05, 0) is 6.42 Å². The van der Waals surface area contributed by atoms with E-state index in [2.05, 4.69) is 0 Å². The topological polar surface area (TPSA) is 37.3 Å². The van der Waals surface area contributed by atoms with Gasteiger partial charge in [-0.3, -0.25) is 0 Å². The Bertz CT molecular complexity index is 345. The van der Waals surface area contributed by atoms with E-state index in [0.29, 0.717) is 4.90 Å². The van der Waals surface area contributed by atoms with Crippen LogP contribution in [0.5, 0.6) is 0 Å². The number of aryl methyl sites for hydroxylation is 1. The first-order valence-electron chi connectivity index (χ1n) is 3.37. The van der Waals surface area contributed by atoms with Crippen LogP contribution in [0.4, 0.5) is 4.39 Å². The molecule has 0 saturated heterocycles. The highest BCUT2D eigenvalue weighted by Gasteiger charge is 2.26. The highest BCUT2D eigenvalue weighted by molar-refractivity contribution is 7.99. The zero-order chi connectivity index (χ0) is 8.72. The van der Waals surface area contributed by atoms with E-state index >= 15 is 0 Å². The summed E-state index contributed by atoms with van der Waals surface area (Å²) in [4.78, 5) is 11.8. The molecule has 2 nitrogen and oxygen atoms in total. The third kappa shape index (κ3) is 1.04. The first-order chi connectivity index (χ1) is 5.70. The molecule has 0 amide bonds. The lowest BCUT2D eigenvalue weighted by Gasteiger charge is -1.89. The molecule has 0 unspecified atom stereocenters. The molecular weight excluding hydrogens is 199 g/mol. The van der Waals surface area contributed by atoms with Crippen LogP contribution >= 0.6 is 23.1 Å². The lowest BCUT2D eigenvalue weighted by Crippen LogP contribution is -1.95. The van der Waals surface area contributed by atoms with Crippen molar-refractivity contribution in [1.82, 2.24) is 0 Å². The Kier molecular flexibility index (Phi) is 1.84. The number of fused-ring (bicyclic) bond motifs is 1. The zero-order valence-corrected chi connectivity index (χ0v) is 7.60. The minimum Gasteiger partial charge on any atom is -0.477 e. The Morgan fingerprint density at radius 1 is 1.58 bits per heavy atom. The van der Waals surface area contributed by atoms with Gasteiger partial charge in [0.05, 0.1) is 4.90 Å². The first-order valence-corrected chi connectivity index (χ1v) is 5.17. The molecule has 5 heteroatoms. The number of carboxylic acid groups (broad SMARTS) is 1. The van der Waals surface area contributed by atoms with Crippen LogP contribution in [0.15, 0.2) is 4.90 Å². The van der Waals surface area contributed by atoms with Gasteiger partial charge in [-0.2, -0.15) is 0 Å². The molecule has 2 heterocycles. The van der Waals surface area contributed by atoms with Crippen molar-refractivity contribution in [2.45, 2.75) is 11.3 Å². The van der Waals surface area contributed by atoms with Crippen LogP contribution in [0.3, 0.4) is 0 Å². The maximum Gasteiger partial charge on any atom is 0.348 e. The van der Waals surface area contributed by atoms with Gasteiger partial charge in [0.15, 0.2) is 5.82 Å². The van der Waals surface area contributed by atoms with Crippen LogP contribution in [0, 0.1) is 5.82 Å². The molecule has 0 aromatic carbocycles. The summed E-state index contributed by atoms with van der Waals surface area (Å²) in [5, 5.41) is 8.58. The van der Waals surface area contributed by atoms with Crippen molar-refractivity contribution in [3.63, 3.8) is 0 Å². The van der Waals surface area contributed by atoms with E-state index in [0.717, 1.165) is 28.4 Å². The Morgan fingerprint density at radius 2 is 2.33 bits per heavy atom. The lowest BCUT2D eigenvalue weighted by molar-refractivity contribution is 0.0697. The van der Waals surface area contributed by atoms with E-state index < -0.39 is 11.8 Å². The van der Waals surface area contributed by atoms with Crippen LogP contribution in [-0.4, -0.2) is 16.8 Å². The second-order valence-electron chi connectivity index (χ2n) is 2.40. The second kappa shape index (κ2) is 2.74. The molecule has 2 rings (SSSR count). The molecule has 1 aromatic heterocycles. The van der Waals surface area contributed by atoms with E-state index in [1.54, 1.807) is 0 Å². The fourth-order valence-electron chi connectivity index (χ4n) is 1.13. The molecule has 12 heavy (non-hydrogen) atoms. The fraction of sp³-hybridized carbons (Fsp3) is 0.286. The number of thiophene rings is 1. The summed E-state index contributed by atoms with van der Waals surface area (Å²) in [6.07, 6.45) is 0.800. The molecule has 1 aromatic rings. The molecule has 0 spiro atoms. The van der Waals surface area contributed by atoms with Crippen molar-refractivity contribution in [3.8, 4) is 0 Å². The maximum atomic E-state index is 13.2. The maximum absolute atomic E-state index is 13.2. The molecular formula is C7H5FO2S2. The van der Waals surface area contributed by atoms with E-state index in [9.17, 15) is 9.18 Å². The minimum absolute atomic E-state index is 0.146. The lowest BCUT2D eigenvalue weighted by atomic mass is 10.3. The van der Waals surface area contributed by atoms with Gasteiger partial charge in [-0.25, -0.2) is 9.18 Å². The van der Waals surface area contributed by atoms with Crippen molar-refractivity contribution in [1.29, 1.82) is 0 Å². The SMILES string of the molecule is O=C(O)c1sc2c(c1F)SCC2. The molecule has 0 aliphatic carbocycles. The quantitative estimate of drug-likeness (QED) is 0.762. The number of halogens is 1. The summed E-state index contributed by atoms with van der Waals surface area (Å²) < 4.78 is 13.2. The van der Waals surface area contributed by atoms with E-state index in [1.165, 1.54) is 11.8 Å². The Hall–Kier alpha value is -0.550. The van der Waals surface area contributed by atoms with Gasteiger partial charge < -0.3 is 5.11 Å². The average molecular weight is 204 g/mol. The molecule has 64 valence electrons. The van der Waals surface area contributed by atoms with Crippen LogP contribution in [0.1, 0.15) is 14.5 Å². The van der Waals surface area contributed by atoms with Crippen molar-refractivity contribution in [3.05, 3.63) is 15.6 Å².